The third-order valence-electron chi connectivity index (χ3n) is 6.66. The second kappa shape index (κ2) is 11.6. The van der Waals surface area contributed by atoms with Crippen molar-refractivity contribution >= 4 is 17.7 Å². The van der Waals surface area contributed by atoms with Crippen LogP contribution in [-0.2, 0) is 11.2 Å². The maximum Gasteiger partial charge on any atom is 0.233 e. The van der Waals surface area contributed by atoms with Crippen molar-refractivity contribution in [3.8, 4) is 28.8 Å². The summed E-state index contributed by atoms with van der Waals surface area (Å²) in [5.74, 6) is 3.37. The van der Waals surface area contributed by atoms with Gasteiger partial charge in [0, 0.05) is 19.2 Å². The summed E-state index contributed by atoms with van der Waals surface area (Å²) in [6.07, 6.45) is 4.70. The highest BCUT2D eigenvalue weighted by Gasteiger charge is 2.25. The van der Waals surface area contributed by atoms with Crippen LogP contribution in [0, 0.1) is 5.92 Å². The number of nitrogens with zero attached hydrogens (tertiary/aromatic N) is 4. The number of methoxy groups -OCH3 is 2. The molecular weight excluding hydrogens is 488 g/mol. The number of hydrogen-bond acceptors (Lipinski definition) is 7. The molecule has 1 aliphatic heterocycles. The highest BCUT2D eigenvalue weighted by Crippen LogP contribution is 2.35. The molecule has 192 valence electrons. The molecule has 2 aromatic heterocycles. The number of piperidine rings is 1. The van der Waals surface area contributed by atoms with Gasteiger partial charge in [-0.2, -0.15) is 0 Å². The molecule has 0 atom stereocenters. The number of benzene rings is 2. The summed E-state index contributed by atoms with van der Waals surface area (Å²) in [6, 6.07) is 19.7. The van der Waals surface area contributed by atoms with Gasteiger partial charge in [0.15, 0.2) is 10.9 Å². The molecule has 0 spiro atoms. The molecule has 0 aliphatic carbocycles. The minimum Gasteiger partial charge on any atom is -0.497 e. The van der Waals surface area contributed by atoms with Crippen LogP contribution in [0.25, 0.3) is 17.3 Å². The Bertz CT molecular complexity index is 1320. The van der Waals surface area contributed by atoms with Crippen LogP contribution in [0.2, 0.25) is 0 Å². The monoisotopic (exact) mass is 518 g/mol. The topological polar surface area (TPSA) is 82.6 Å². The van der Waals surface area contributed by atoms with Crippen LogP contribution in [0.15, 0.2) is 76.5 Å². The van der Waals surface area contributed by atoms with Crippen molar-refractivity contribution in [1.82, 2.24) is 19.7 Å². The minimum atomic E-state index is 0.106. The van der Waals surface area contributed by atoms with E-state index in [1.165, 1.54) is 17.3 Å². The van der Waals surface area contributed by atoms with Crippen LogP contribution in [0.1, 0.15) is 18.4 Å². The average Bonchev–Trinajstić information content (AvgIpc) is 3.62. The number of hydrogen-bond donors (Lipinski definition) is 0. The molecular formula is C28H30N4O4S. The van der Waals surface area contributed by atoms with Gasteiger partial charge in [-0.15, -0.1) is 10.2 Å². The van der Waals surface area contributed by atoms with E-state index in [0.717, 1.165) is 32.4 Å². The van der Waals surface area contributed by atoms with E-state index in [-0.39, 0.29) is 11.7 Å². The largest absolute Gasteiger partial charge is 0.497 e. The Labute approximate surface area is 220 Å². The predicted octanol–water partition coefficient (Wildman–Crippen LogP) is 5.12. The Morgan fingerprint density at radius 3 is 2.54 bits per heavy atom. The van der Waals surface area contributed by atoms with Crippen LogP contribution in [0.5, 0.6) is 11.5 Å². The zero-order valence-corrected chi connectivity index (χ0v) is 21.8. The number of carbonyl (C=O) groups excluding carboxylic acids is 1. The van der Waals surface area contributed by atoms with Crippen molar-refractivity contribution in [2.75, 3.05) is 33.1 Å². The van der Waals surface area contributed by atoms with E-state index >= 15 is 0 Å². The highest BCUT2D eigenvalue weighted by atomic mass is 32.2. The van der Waals surface area contributed by atoms with Crippen molar-refractivity contribution in [2.45, 2.75) is 24.4 Å². The van der Waals surface area contributed by atoms with Crippen LogP contribution in [-0.4, -0.2) is 58.6 Å². The van der Waals surface area contributed by atoms with Gasteiger partial charge in [0.25, 0.3) is 0 Å². The van der Waals surface area contributed by atoms with Crippen molar-refractivity contribution in [1.29, 1.82) is 0 Å². The molecule has 1 aliphatic rings. The van der Waals surface area contributed by atoms with Crippen molar-refractivity contribution in [2.24, 2.45) is 5.92 Å². The van der Waals surface area contributed by atoms with Crippen LogP contribution in [0.3, 0.4) is 0 Å². The Morgan fingerprint density at radius 1 is 1.03 bits per heavy atom. The first-order chi connectivity index (χ1) is 18.2. The SMILES string of the molecule is COc1ccc(OC)c(-n2c(SCC(=O)N3CCC(Cc4ccccc4)CC3)nnc2-c2ccco2)c1. The van der Waals surface area contributed by atoms with Gasteiger partial charge in [-0.1, -0.05) is 42.1 Å². The van der Waals surface area contributed by atoms with E-state index < -0.39 is 0 Å². The lowest BCUT2D eigenvalue weighted by molar-refractivity contribution is -0.129. The van der Waals surface area contributed by atoms with Crippen LogP contribution >= 0.6 is 11.8 Å². The molecule has 0 saturated carbocycles. The number of thioether (sulfide) groups is 1. The number of ether oxygens (including phenoxy) is 2. The van der Waals surface area contributed by atoms with Crippen molar-refractivity contribution in [3.63, 3.8) is 0 Å². The first-order valence-corrected chi connectivity index (χ1v) is 13.3. The molecule has 0 radical (unpaired) electrons. The van der Waals surface area contributed by atoms with Gasteiger partial charge >= 0.3 is 0 Å². The lowest BCUT2D eigenvalue weighted by Crippen LogP contribution is -2.39. The maximum absolute atomic E-state index is 13.1. The summed E-state index contributed by atoms with van der Waals surface area (Å²) in [5, 5.41) is 9.36. The third-order valence-corrected chi connectivity index (χ3v) is 7.57. The highest BCUT2D eigenvalue weighted by molar-refractivity contribution is 7.99. The molecule has 1 amide bonds. The summed E-state index contributed by atoms with van der Waals surface area (Å²) in [4.78, 5) is 15.1. The average molecular weight is 519 g/mol. The predicted molar refractivity (Wildman–Crippen MR) is 142 cm³/mol. The number of rotatable bonds is 9. The van der Waals surface area contributed by atoms with E-state index in [1.54, 1.807) is 26.5 Å². The Morgan fingerprint density at radius 2 is 1.84 bits per heavy atom. The summed E-state index contributed by atoms with van der Waals surface area (Å²) < 4.78 is 18.5. The summed E-state index contributed by atoms with van der Waals surface area (Å²) >= 11 is 1.36. The Balaban J connectivity index is 1.30. The second-order valence-electron chi connectivity index (χ2n) is 8.96. The fourth-order valence-corrected chi connectivity index (χ4v) is 5.52. The molecule has 4 aromatic rings. The molecule has 2 aromatic carbocycles. The smallest absolute Gasteiger partial charge is 0.233 e. The molecule has 0 unspecified atom stereocenters. The molecule has 0 bridgehead atoms. The van der Waals surface area contributed by atoms with E-state index in [2.05, 4.69) is 34.5 Å². The summed E-state index contributed by atoms with van der Waals surface area (Å²) in [5.41, 5.74) is 2.07. The first-order valence-electron chi connectivity index (χ1n) is 12.3. The van der Waals surface area contributed by atoms with Gasteiger partial charge in [-0.25, -0.2) is 0 Å². The van der Waals surface area contributed by atoms with Gasteiger partial charge in [0.2, 0.25) is 11.7 Å². The first kappa shape index (κ1) is 25.0. The number of furan rings is 1. The van der Waals surface area contributed by atoms with Gasteiger partial charge in [0.05, 0.1) is 31.9 Å². The zero-order valence-electron chi connectivity index (χ0n) is 21.0. The van der Waals surface area contributed by atoms with Crippen LogP contribution < -0.4 is 9.47 Å². The Kier molecular flexibility index (Phi) is 7.79. The number of amides is 1. The zero-order chi connectivity index (χ0) is 25.6. The molecule has 1 fully saturated rings. The quantitative estimate of drug-likeness (QED) is 0.285. The molecule has 3 heterocycles. The van der Waals surface area contributed by atoms with Crippen molar-refractivity contribution < 1.29 is 18.7 Å². The third kappa shape index (κ3) is 5.67. The van der Waals surface area contributed by atoms with E-state index in [0.29, 0.717) is 39.8 Å². The van der Waals surface area contributed by atoms with Gasteiger partial charge < -0.3 is 18.8 Å². The van der Waals surface area contributed by atoms with E-state index in [1.807, 2.05) is 39.8 Å². The van der Waals surface area contributed by atoms with Gasteiger partial charge in [-0.3, -0.25) is 9.36 Å². The standard InChI is InChI=1S/C28H30N4O4S/c1-34-22-10-11-24(35-2)23(18-22)32-27(25-9-6-16-36-25)29-30-28(32)37-19-26(33)31-14-12-21(13-15-31)17-20-7-4-3-5-8-20/h3-11,16,18,21H,12-15,17,19H2,1-2H3. The van der Waals surface area contributed by atoms with E-state index in [9.17, 15) is 4.79 Å². The molecule has 5 rings (SSSR count). The van der Waals surface area contributed by atoms with Crippen molar-refractivity contribution in [3.05, 3.63) is 72.5 Å². The fraction of sp³-hybridized carbons (Fsp3) is 0.321. The lowest BCUT2D eigenvalue weighted by Gasteiger charge is -2.32. The molecule has 9 heteroatoms. The van der Waals surface area contributed by atoms with Crippen LogP contribution in [0.4, 0.5) is 0 Å². The normalized spacial score (nSPS) is 14.1. The molecule has 0 N–H and O–H groups in total. The minimum absolute atomic E-state index is 0.106. The molecule has 8 nitrogen and oxygen atoms in total. The number of aromatic nitrogens is 3. The lowest BCUT2D eigenvalue weighted by atomic mass is 9.90. The van der Waals surface area contributed by atoms with Gasteiger partial charge in [-0.05, 0) is 55.0 Å². The number of carbonyl (C=O) groups is 1. The number of likely N-dealkylation sites (tertiary alicyclic amines) is 1. The second-order valence-corrected chi connectivity index (χ2v) is 9.90. The molecule has 37 heavy (non-hydrogen) atoms. The summed E-state index contributed by atoms with van der Waals surface area (Å²) in [7, 11) is 3.22. The fourth-order valence-electron chi connectivity index (χ4n) is 4.67. The Hall–Kier alpha value is -3.72. The summed E-state index contributed by atoms with van der Waals surface area (Å²) in [6.45, 7) is 1.57. The maximum atomic E-state index is 13.1. The molecule has 1 saturated heterocycles. The van der Waals surface area contributed by atoms with Gasteiger partial charge in [0.1, 0.15) is 11.5 Å². The van der Waals surface area contributed by atoms with E-state index in [4.69, 9.17) is 13.9 Å².